The Bertz CT molecular complexity index is 1040. The molecule has 0 aliphatic heterocycles. The Kier molecular flexibility index (Phi) is 43.8. The van der Waals surface area contributed by atoms with Crippen molar-refractivity contribution in [1.82, 2.24) is 0 Å². The highest BCUT2D eigenvalue weighted by Gasteiger charge is 2.17. The van der Waals surface area contributed by atoms with Crippen molar-refractivity contribution in [1.29, 1.82) is 0 Å². The SMILES string of the molecule is C=C/C=C/C=C/C=C/C=C/C(=O)CCCCCCCCCOC[C@H](COC(=O)CCCCCCCCCCCCC)OC(=O)CCCCCCCCCCCCC. The van der Waals surface area contributed by atoms with Crippen LogP contribution in [0.2, 0.25) is 0 Å². The van der Waals surface area contributed by atoms with Crippen molar-refractivity contribution in [3.05, 3.63) is 61.3 Å². The van der Waals surface area contributed by atoms with Crippen LogP contribution in [0.25, 0.3) is 0 Å². The van der Waals surface area contributed by atoms with E-state index in [9.17, 15) is 14.4 Å². The van der Waals surface area contributed by atoms with Crippen molar-refractivity contribution in [2.75, 3.05) is 19.8 Å². The van der Waals surface area contributed by atoms with Crippen LogP contribution in [0.3, 0.4) is 0 Å². The van der Waals surface area contributed by atoms with Crippen LogP contribution in [0, 0.1) is 0 Å². The lowest BCUT2D eigenvalue weighted by Crippen LogP contribution is -2.30. The molecule has 0 saturated carbocycles. The van der Waals surface area contributed by atoms with Gasteiger partial charge in [-0.25, -0.2) is 0 Å². The number of unbranched alkanes of at least 4 members (excludes halogenated alkanes) is 26. The van der Waals surface area contributed by atoms with Crippen molar-refractivity contribution < 1.29 is 28.6 Å². The van der Waals surface area contributed by atoms with Crippen LogP contribution >= 0.6 is 0 Å². The smallest absolute Gasteiger partial charge is 0.306 e. The molecule has 0 aliphatic carbocycles. The molecule has 6 heteroatoms. The summed E-state index contributed by atoms with van der Waals surface area (Å²) in [4.78, 5) is 37.3. The number of carbonyl (C=O) groups is 3. The van der Waals surface area contributed by atoms with Gasteiger partial charge in [-0.1, -0.05) is 230 Å². The molecule has 6 nitrogen and oxygen atoms in total. The predicted molar refractivity (Wildman–Crippen MR) is 243 cm³/mol. The highest BCUT2D eigenvalue weighted by atomic mass is 16.6. The molecular weight excluding hydrogens is 709 g/mol. The second kappa shape index (κ2) is 46.0. The number of esters is 2. The van der Waals surface area contributed by atoms with Crippen molar-refractivity contribution in [2.45, 2.75) is 225 Å². The Labute approximate surface area is 351 Å². The summed E-state index contributed by atoms with van der Waals surface area (Å²) in [6.45, 7) is 9.04. The van der Waals surface area contributed by atoms with Gasteiger partial charge in [0.15, 0.2) is 11.9 Å². The Morgan fingerprint density at radius 2 is 0.825 bits per heavy atom. The van der Waals surface area contributed by atoms with Crippen LogP contribution in [0.15, 0.2) is 61.3 Å². The number of hydrogen-bond donors (Lipinski definition) is 0. The van der Waals surface area contributed by atoms with E-state index >= 15 is 0 Å². The summed E-state index contributed by atoms with van der Waals surface area (Å²) >= 11 is 0. The second-order valence-corrected chi connectivity index (χ2v) is 15.9. The molecule has 0 heterocycles. The molecule has 1 atom stereocenters. The topological polar surface area (TPSA) is 78.9 Å². The molecular formula is C51H88O6. The number of ketones is 1. The van der Waals surface area contributed by atoms with Crippen molar-refractivity contribution >= 4 is 17.7 Å². The van der Waals surface area contributed by atoms with Gasteiger partial charge in [-0.15, -0.1) is 0 Å². The van der Waals surface area contributed by atoms with Crippen LogP contribution < -0.4 is 0 Å². The highest BCUT2D eigenvalue weighted by Crippen LogP contribution is 2.15. The average Bonchev–Trinajstić information content (AvgIpc) is 3.20. The molecule has 0 amide bonds. The average molecular weight is 797 g/mol. The molecule has 0 unspecified atom stereocenters. The minimum absolute atomic E-state index is 0.0570. The Hall–Kier alpha value is -2.73. The molecule has 0 spiro atoms. The summed E-state index contributed by atoms with van der Waals surface area (Å²) in [6.07, 6.45) is 52.0. The summed E-state index contributed by atoms with van der Waals surface area (Å²) < 4.78 is 17.3. The zero-order chi connectivity index (χ0) is 41.5. The minimum Gasteiger partial charge on any atom is -0.462 e. The van der Waals surface area contributed by atoms with Crippen LogP contribution in [-0.2, 0) is 28.6 Å². The maximum absolute atomic E-state index is 12.7. The van der Waals surface area contributed by atoms with Crippen molar-refractivity contribution in [2.24, 2.45) is 0 Å². The molecule has 0 aliphatic rings. The monoisotopic (exact) mass is 797 g/mol. The van der Waals surface area contributed by atoms with Gasteiger partial charge in [0.25, 0.3) is 0 Å². The van der Waals surface area contributed by atoms with Crippen molar-refractivity contribution in [3.63, 3.8) is 0 Å². The molecule has 0 bridgehead atoms. The third kappa shape index (κ3) is 44.2. The van der Waals surface area contributed by atoms with E-state index in [1.165, 1.54) is 109 Å². The summed E-state index contributed by atoms with van der Waals surface area (Å²) in [7, 11) is 0. The number of allylic oxidation sites excluding steroid dienone is 9. The third-order valence-electron chi connectivity index (χ3n) is 10.3. The molecule has 0 saturated heterocycles. The summed E-state index contributed by atoms with van der Waals surface area (Å²) in [5.41, 5.74) is 0. The zero-order valence-electron chi connectivity index (χ0n) is 37.2. The molecule has 0 rings (SSSR count). The summed E-state index contributed by atoms with van der Waals surface area (Å²) in [5.74, 6) is -0.271. The van der Waals surface area contributed by atoms with Gasteiger partial charge in [-0.2, -0.15) is 0 Å². The van der Waals surface area contributed by atoms with Crippen LogP contribution in [0.4, 0.5) is 0 Å². The molecule has 0 aromatic heterocycles. The lowest BCUT2D eigenvalue weighted by atomic mass is 10.1. The van der Waals surface area contributed by atoms with Gasteiger partial charge < -0.3 is 14.2 Å². The standard InChI is InChI=1S/C51H88O6/c1-4-7-10-13-16-19-21-23-28-33-38-43-50(53)56-47-49(57-51(54)44-39-34-29-24-22-20-17-14-11-8-5-2)46-55-45-40-35-30-25-27-32-37-42-48(52)41-36-31-26-18-15-12-9-6-3/h6,9,12,15,18,26,31,36,41,49H,3-5,7-8,10-11,13-14,16-17,19-25,27-30,32-35,37-40,42-47H2,1-2H3/b12-9+,18-15+,31-26+,41-36+/t49-/m1/s1. The fourth-order valence-corrected chi connectivity index (χ4v) is 6.73. The number of rotatable bonds is 44. The van der Waals surface area contributed by atoms with Crippen LogP contribution in [-0.4, -0.2) is 43.6 Å². The van der Waals surface area contributed by atoms with E-state index in [0.717, 1.165) is 77.0 Å². The molecule has 0 radical (unpaired) electrons. The quantitative estimate of drug-likeness (QED) is 0.0264. The lowest BCUT2D eigenvalue weighted by Gasteiger charge is -2.18. The Balaban J connectivity index is 4.29. The van der Waals surface area contributed by atoms with Gasteiger partial charge in [0.05, 0.1) is 6.61 Å². The third-order valence-corrected chi connectivity index (χ3v) is 10.3. The fourth-order valence-electron chi connectivity index (χ4n) is 6.73. The molecule has 328 valence electrons. The summed E-state index contributed by atoms with van der Waals surface area (Å²) in [5, 5.41) is 0. The Morgan fingerprint density at radius 3 is 1.30 bits per heavy atom. The maximum atomic E-state index is 12.7. The number of carbonyl (C=O) groups excluding carboxylic acids is 3. The largest absolute Gasteiger partial charge is 0.462 e. The summed E-state index contributed by atoms with van der Waals surface area (Å²) in [6, 6.07) is 0. The first-order valence-electron chi connectivity index (χ1n) is 23.8. The predicted octanol–water partition coefficient (Wildman–Crippen LogP) is 15.0. The Morgan fingerprint density at radius 1 is 0.439 bits per heavy atom. The van der Waals surface area contributed by atoms with Gasteiger partial charge in [0.2, 0.25) is 0 Å². The molecule has 57 heavy (non-hydrogen) atoms. The zero-order valence-corrected chi connectivity index (χ0v) is 37.2. The van der Waals surface area contributed by atoms with E-state index in [1.54, 1.807) is 18.2 Å². The maximum Gasteiger partial charge on any atom is 0.306 e. The van der Waals surface area contributed by atoms with E-state index in [0.29, 0.717) is 25.9 Å². The van der Waals surface area contributed by atoms with Crippen LogP contribution in [0.5, 0.6) is 0 Å². The highest BCUT2D eigenvalue weighted by molar-refractivity contribution is 5.89. The van der Waals surface area contributed by atoms with E-state index in [1.807, 2.05) is 36.5 Å². The lowest BCUT2D eigenvalue weighted by molar-refractivity contribution is -0.163. The first-order chi connectivity index (χ1) is 28.0. The fraction of sp³-hybridized carbons (Fsp3) is 0.745. The van der Waals surface area contributed by atoms with Gasteiger partial charge in [0, 0.05) is 25.9 Å². The van der Waals surface area contributed by atoms with E-state index in [4.69, 9.17) is 14.2 Å². The van der Waals surface area contributed by atoms with E-state index in [2.05, 4.69) is 20.4 Å². The molecule has 0 N–H and O–H groups in total. The van der Waals surface area contributed by atoms with E-state index < -0.39 is 6.10 Å². The normalized spacial score (nSPS) is 12.4. The number of hydrogen-bond acceptors (Lipinski definition) is 6. The molecule has 0 aromatic rings. The molecule has 0 fully saturated rings. The van der Waals surface area contributed by atoms with Gasteiger partial charge in [-0.05, 0) is 31.8 Å². The van der Waals surface area contributed by atoms with Gasteiger partial charge in [-0.3, -0.25) is 14.4 Å². The van der Waals surface area contributed by atoms with Gasteiger partial charge in [0.1, 0.15) is 6.61 Å². The van der Waals surface area contributed by atoms with Gasteiger partial charge >= 0.3 is 11.9 Å². The first kappa shape index (κ1) is 54.3. The molecule has 0 aromatic carbocycles. The van der Waals surface area contributed by atoms with Crippen LogP contribution in [0.1, 0.15) is 219 Å². The number of ether oxygens (including phenoxy) is 3. The van der Waals surface area contributed by atoms with Crippen molar-refractivity contribution in [3.8, 4) is 0 Å². The first-order valence-corrected chi connectivity index (χ1v) is 23.8. The second-order valence-electron chi connectivity index (χ2n) is 15.9. The minimum atomic E-state index is -0.568. The van der Waals surface area contributed by atoms with E-state index in [-0.39, 0.29) is 30.9 Å².